The summed E-state index contributed by atoms with van der Waals surface area (Å²) in [6.45, 7) is 8.07. The Morgan fingerprint density at radius 3 is 2.40 bits per heavy atom. The second kappa shape index (κ2) is 7.87. The molecule has 0 aromatic carbocycles. The first-order valence-electron chi connectivity index (χ1n) is 8.45. The van der Waals surface area contributed by atoms with Gasteiger partial charge in [0.15, 0.2) is 5.96 Å². The maximum atomic E-state index is 4.34. The molecule has 4 nitrogen and oxygen atoms in total. The smallest absolute Gasteiger partial charge is 0.191 e. The molecule has 0 amide bonds. The van der Waals surface area contributed by atoms with Gasteiger partial charge in [0.2, 0.25) is 0 Å². The van der Waals surface area contributed by atoms with Gasteiger partial charge in [-0.15, -0.1) is 0 Å². The van der Waals surface area contributed by atoms with Crippen LogP contribution < -0.4 is 10.6 Å². The summed E-state index contributed by atoms with van der Waals surface area (Å²) in [5, 5.41) is 6.98. The van der Waals surface area contributed by atoms with Gasteiger partial charge < -0.3 is 15.5 Å². The molecule has 20 heavy (non-hydrogen) atoms. The molecule has 2 fully saturated rings. The largest absolute Gasteiger partial charge is 0.356 e. The van der Waals surface area contributed by atoms with Crippen LogP contribution in [0.3, 0.4) is 0 Å². The van der Waals surface area contributed by atoms with E-state index in [2.05, 4.69) is 27.4 Å². The molecule has 116 valence electrons. The molecule has 1 saturated carbocycles. The molecule has 0 aromatic rings. The molecule has 0 unspecified atom stereocenters. The average molecular weight is 280 g/mol. The van der Waals surface area contributed by atoms with Crippen LogP contribution in [0, 0.1) is 5.41 Å². The highest BCUT2D eigenvalue weighted by Crippen LogP contribution is 2.42. The van der Waals surface area contributed by atoms with Crippen LogP contribution in [0.4, 0.5) is 0 Å². The summed E-state index contributed by atoms with van der Waals surface area (Å²) in [4.78, 5) is 6.90. The molecule has 2 N–H and O–H groups in total. The Labute approximate surface area is 124 Å². The number of aliphatic imine (C=N–C) groups is 1. The highest BCUT2D eigenvalue weighted by atomic mass is 15.2. The Morgan fingerprint density at radius 2 is 1.85 bits per heavy atom. The summed E-state index contributed by atoms with van der Waals surface area (Å²) in [6.07, 6.45) is 9.58. The van der Waals surface area contributed by atoms with E-state index in [1.54, 1.807) is 0 Å². The van der Waals surface area contributed by atoms with Gasteiger partial charge in [0, 0.05) is 26.7 Å². The van der Waals surface area contributed by atoms with Crippen molar-refractivity contribution in [3.8, 4) is 0 Å². The van der Waals surface area contributed by atoms with E-state index in [1.807, 2.05) is 7.05 Å². The molecule has 0 atom stereocenters. The molecule has 2 aliphatic rings. The highest BCUT2D eigenvalue weighted by Gasteiger charge is 2.34. The lowest BCUT2D eigenvalue weighted by Gasteiger charge is -2.41. The number of nitrogens with one attached hydrogen (secondary N) is 2. The Balaban J connectivity index is 1.62. The van der Waals surface area contributed by atoms with Crippen LogP contribution in [-0.4, -0.2) is 50.6 Å². The Morgan fingerprint density at radius 1 is 1.10 bits per heavy atom. The first-order chi connectivity index (χ1) is 9.78. The van der Waals surface area contributed by atoms with Crippen molar-refractivity contribution in [1.82, 2.24) is 15.5 Å². The minimum Gasteiger partial charge on any atom is -0.356 e. The Hall–Kier alpha value is -0.770. The lowest BCUT2D eigenvalue weighted by molar-refractivity contribution is 0.131. The molecule has 0 aromatic heterocycles. The van der Waals surface area contributed by atoms with Crippen LogP contribution in [0.1, 0.15) is 51.9 Å². The summed E-state index contributed by atoms with van der Waals surface area (Å²) >= 11 is 0. The van der Waals surface area contributed by atoms with Crippen molar-refractivity contribution in [2.45, 2.75) is 51.9 Å². The van der Waals surface area contributed by atoms with Crippen molar-refractivity contribution >= 4 is 5.96 Å². The van der Waals surface area contributed by atoms with Crippen molar-refractivity contribution in [2.75, 3.05) is 39.8 Å². The minimum absolute atomic E-state index is 0.546. The third-order valence-electron chi connectivity index (χ3n) is 5.19. The third kappa shape index (κ3) is 4.37. The minimum atomic E-state index is 0.546. The number of hydrogen-bond donors (Lipinski definition) is 2. The van der Waals surface area contributed by atoms with Crippen LogP contribution >= 0.6 is 0 Å². The van der Waals surface area contributed by atoms with Gasteiger partial charge in [0.25, 0.3) is 0 Å². The normalized spacial score (nSPS) is 23.2. The van der Waals surface area contributed by atoms with Crippen molar-refractivity contribution in [2.24, 2.45) is 10.4 Å². The predicted octanol–water partition coefficient (Wildman–Crippen LogP) is 2.22. The van der Waals surface area contributed by atoms with Gasteiger partial charge in [0.1, 0.15) is 0 Å². The lowest BCUT2D eigenvalue weighted by Crippen LogP contribution is -2.47. The van der Waals surface area contributed by atoms with E-state index in [1.165, 1.54) is 58.0 Å². The van der Waals surface area contributed by atoms with Crippen LogP contribution in [0.2, 0.25) is 0 Å². The van der Waals surface area contributed by atoms with Gasteiger partial charge in [0.05, 0.1) is 0 Å². The molecular formula is C16H32N4. The van der Waals surface area contributed by atoms with E-state index in [0.717, 1.165) is 25.6 Å². The van der Waals surface area contributed by atoms with Crippen molar-refractivity contribution in [3.05, 3.63) is 0 Å². The standard InChI is InChI=1S/C16H32N4/c1-3-16(8-7-9-16)14-19-15(17-2)18-10-13-20-11-5-4-6-12-20/h3-14H2,1-2H3,(H2,17,18,19). The van der Waals surface area contributed by atoms with Crippen LogP contribution in [0.25, 0.3) is 0 Å². The fourth-order valence-electron chi connectivity index (χ4n) is 3.34. The number of guanidine groups is 1. The quantitative estimate of drug-likeness (QED) is 0.579. The number of likely N-dealkylation sites (tertiary alicyclic amines) is 1. The first kappa shape index (κ1) is 15.6. The summed E-state index contributed by atoms with van der Waals surface area (Å²) < 4.78 is 0. The molecular weight excluding hydrogens is 248 g/mol. The molecule has 1 heterocycles. The van der Waals surface area contributed by atoms with E-state index in [-0.39, 0.29) is 0 Å². The van der Waals surface area contributed by atoms with E-state index in [0.29, 0.717) is 5.41 Å². The monoisotopic (exact) mass is 280 g/mol. The Kier molecular flexibility index (Phi) is 6.14. The van der Waals surface area contributed by atoms with E-state index >= 15 is 0 Å². The second-order valence-electron chi connectivity index (χ2n) is 6.46. The zero-order valence-corrected chi connectivity index (χ0v) is 13.4. The predicted molar refractivity (Wildman–Crippen MR) is 86.2 cm³/mol. The summed E-state index contributed by atoms with van der Waals surface area (Å²) in [5.41, 5.74) is 0.546. The number of piperidine rings is 1. The molecule has 0 radical (unpaired) electrons. The van der Waals surface area contributed by atoms with Crippen molar-refractivity contribution in [3.63, 3.8) is 0 Å². The van der Waals surface area contributed by atoms with Gasteiger partial charge in [-0.05, 0) is 50.6 Å². The molecule has 1 saturated heterocycles. The van der Waals surface area contributed by atoms with E-state index < -0.39 is 0 Å². The fraction of sp³-hybridized carbons (Fsp3) is 0.938. The fourth-order valence-corrected chi connectivity index (χ4v) is 3.34. The molecule has 0 spiro atoms. The van der Waals surface area contributed by atoms with Crippen LogP contribution in [0.15, 0.2) is 4.99 Å². The zero-order valence-electron chi connectivity index (χ0n) is 13.4. The molecule has 0 bridgehead atoms. The topological polar surface area (TPSA) is 39.7 Å². The average Bonchev–Trinajstić information content (AvgIpc) is 2.45. The van der Waals surface area contributed by atoms with Crippen LogP contribution in [-0.2, 0) is 0 Å². The molecule has 1 aliphatic carbocycles. The maximum absolute atomic E-state index is 4.34. The SMILES string of the molecule is CCC1(CNC(=NC)NCCN2CCCCC2)CCC1. The molecule has 2 rings (SSSR count). The third-order valence-corrected chi connectivity index (χ3v) is 5.19. The second-order valence-corrected chi connectivity index (χ2v) is 6.46. The number of hydrogen-bond acceptors (Lipinski definition) is 2. The number of nitrogens with zero attached hydrogens (tertiary/aromatic N) is 2. The summed E-state index contributed by atoms with van der Waals surface area (Å²) in [5.74, 6) is 0.974. The van der Waals surface area contributed by atoms with E-state index in [9.17, 15) is 0 Å². The summed E-state index contributed by atoms with van der Waals surface area (Å²) in [6, 6.07) is 0. The molecule has 4 heteroatoms. The van der Waals surface area contributed by atoms with Gasteiger partial charge in [-0.25, -0.2) is 0 Å². The van der Waals surface area contributed by atoms with Gasteiger partial charge >= 0.3 is 0 Å². The van der Waals surface area contributed by atoms with Crippen LogP contribution in [0.5, 0.6) is 0 Å². The van der Waals surface area contributed by atoms with Gasteiger partial charge in [-0.2, -0.15) is 0 Å². The first-order valence-corrected chi connectivity index (χ1v) is 8.45. The Bertz CT molecular complexity index is 298. The number of rotatable bonds is 6. The van der Waals surface area contributed by atoms with Crippen molar-refractivity contribution in [1.29, 1.82) is 0 Å². The molecule has 1 aliphatic heterocycles. The lowest BCUT2D eigenvalue weighted by atomic mass is 9.67. The zero-order chi connectivity index (χ0) is 14.3. The van der Waals surface area contributed by atoms with E-state index in [4.69, 9.17) is 0 Å². The van der Waals surface area contributed by atoms with Gasteiger partial charge in [-0.1, -0.05) is 19.8 Å². The van der Waals surface area contributed by atoms with Gasteiger partial charge in [-0.3, -0.25) is 4.99 Å². The highest BCUT2D eigenvalue weighted by molar-refractivity contribution is 5.79. The van der Waals surface area contributed by atoms with Crippen molar-refractivity contribution < 1.29 is 0 Å². The maximum Gasteiger partial charge on any atom is 0.191 e. The summed E-state index contributed by atoms with van der Waals surface area (Å²) in [7, 11) is 1.87.